The summed E-state index contributed by atoms with van der Waals surface area (Å²) in [6.07, 6.45) is 5.70. The molecule has 0 atom stereocenters. The number of hydrogen-bond acceptors (Lipinski definition) is 7. The molecule has 7 nitrogen and oxygen atoms in total. The molecule has 1 aliphatic rings. The molecule has 0 amide bonds. The van der Waals surface area contributed by atoms with E-state index in [1.54, 1.807) is 19.2 Å². The van der Waals surface area contributed by atoms with Crippen LogP contribution in [-0.4, -0.2) is 44.6 Å². The number of carbonyl (C=O) groups excluding carboxylic acids is 1. The number of Topliss-reactive ketones (excluding diaryl/α,β-unsaturated/α-hetero) is 1. The molecule has 0 bridgehead atoms. The Morgan fingerprint density at radius 3 is 2.81 bits per heavy atom. The average molecular weight is 456 g/mol. The minimum atomic E-state index is 0. The zero-order valence-electron chi connectivity index (χ0n) is 16.9. The first kappa shape index (κ1) is 21.5. The molecule has 0 saturated carbocycles. The first-order valence-corrected chi connectivity index (χ1v) is 10.7. The second-order valence-electron chi connectivity index (χ2n) is 7.40. The molecule has 4 aromatic rings. The normalized spacial score (nSPS) is 14.5. The Bertz CT molecular complexity index is 1240. The van der Waals surface area contributed by atoms with Crippen LogP contribution in [0, 0.1) is 0 Å². The van der Waals surface area contributed by atoms with Gasteiger partial charge in [0.2, 0.25) is 0 Å². The fourth-order valence-corrected chi connectivity index (χ4v) is 4.44. The lowest BCUT2D eigenvalue weighted by molar-refractivity contribution is 0.0904. The highest BCUT2D eigenvalue weighted by atomic mass is 35.5. The van der Waals surface area contributed by atoms with Crippen LogP contribution in [0.2, 0.25) is 0 Å². The fourth-order valence-electron chi connectivity index (χ4n) is 3.58. The van der Waals surface area contributed by atoms with Gasteiger partial charge in [0.25, 0.3) is 0 Å². The number of ether oxygens (including phenoxy) is 1. The molecule has 0 aliphatic carbocycles. The molecule has 0 radical (unpaired) electrons. The molecule has 1 saturated heterocycles. The van der Waals surface area contributed by atoms with Crippen LogP contribution in [-0.2, 0) is 4.74 Å². The number of hydrogen-bond donors (Lipinski definition) is 1. The molecule has 0 unspecified atom stereocenters. The molecule has 1 fully saturated rings. The molecule has 1 aliphatic heterocycles. The Hall–Kier alpha value is -2.68. The van der Waals surface area contributed by atoms with Gasteiger partial charge in [0.15, 0.2) is 16.6 Å². The van der Waals surface area contributed by atoms with Crippen molar-refractivity contribution in [1.82, 2.24) is 19.6 Å². The van der Waals surface area contributed by atoms with E-state index >= 15 is 0 Å². The van der Waals surface area contributed by atoms with Gasteiger partial charge >= 0.3 is 0 Å². The molecule has 4 heterocycles. The molecule has 31 heavy (non-hydrogen) atoms. The number of aromatic nitrogens is 4. The number of carbonyl (C=O) groups is 1. The molecular weight excluding hydrogens is 434 g/mol. The number of nitrogens with one attached hydrogen (secondary N) is 1. The summed E-state index contributed by atoms with van der Waals surface area (Å²) in [6, 6.07) is 12.3. The Morgan fingerprint density at radius 2 is 2.00 bits per heavy atom. The van der Waals surface area contributed by atoms with Crippen molar-refractivity contribution in [2.24, 2.45) is 0 Å². The van der Waals surface area contributed by atoms with Crippen LogP contribution < -0.4 is 5.32 Å². The number of anilines is 1. The summed E-state index contributed by atoms with van der Waals surface area (Å²) >= 11 is 1.51. The first-order chi connectivity index (χ1) is 14.7. The average Bonchev–Trinajstić information content (AvgIpc) is 3.16. The lowest BCUT2D eigenvalue weighted by atomic mass is 10.1. The van der Waals surface area contributed by atoms with Gasteiger partial charge in [0.1, 0.15) is 0 Å². The zero-order chi connectivity index (χ0) is 20.5. The topological polar surface area (TPSA) is 81.4 Å². The van der Waals surface area contributed by atoms with Crippen LogP contribution in [0.15, 0.2) is 58.8 Å². The van der Waals surface area contributed by atoms with Crippen LogP contribution in [0.1, 0.15) is 30.1 Å². The van der Waals surface area contributed by atoms with Crippen molar-refractivity contribution in [3.05, 3.63) is 54.4 Å². The standard InChI is InChI=1S/C22H21N5O2S.ClH/c1-14(28)15-2-5-21-25-26-22(27(21)13-15)30-19-3-4-20-16(11-19)10-18(12-23-20)24-17-6-8-29-9-7-17;/h2-5,10-13,17,24H,6-9H2,1H3;1H. The Balaban J connectivity index is 0.00000231. The first-order valence-electron chi connectivity index (χ1n) is 9.93. The van der Waals surface area contributed by atoms with Crippen molar-refractivity contribution < 1.29 is 9.53 Å². The van der Waals surface area contributed by atoms with Crippen molar-refractivity contribution in [3.63, 3.8) is 0 Å². The monoisotopic (exact) mass is 455 g/mol. The highest BCUT2D eigenvalue weighted by molar-refractivity contribution is 7.99. The lowest BCUT2D eigenvalue weighted by Crippen LogP contribution is -2.27. The van der Waals surface area contributed by atoms with Gasteiger partial charge in [-0.05, 0) is 67.9 Å². The van der Waals surface area contributed by atoms with Crippen molar-refractivity contribution in [2.75, 3.05) is 18.5 Å². The summed E-state index contributed by atoms with van der Waals surface area (Å²) in [4.78, 5) is 17.4. The van der Waals surface area contributed by atoms with E-state index in [9.17, 15) is 4.79 Å². The van der Waals surface area contributed by atoms with Crippen LogP contribution >= 0.6 is 24.2 Å². The predicted molar refractivity (Wildman–Crippen MR) is 124 cm³/mol. The van der Waals surface area contributed by atoms with E-state index in [4.69, 9.17) is 4.74 Å². The number of pyridine rings is 2. The minimum absolute atomic E-state index is 0. The maximum Gasteiger partial charge on any atom is 0.200 e. The third kappa shape index (κ3) is 4.66. The van der Waals surface area contributed by atoms with E-state index in [-0.39, 0.29) is 18.2 Å². The van der Waals surface area contributed by atoms with Gasteiger partial charge in [0, 0.05) is 41.3 Å². The highest BCUT2D eigenvalue weighted by Gasteiger charge is 2.14. The van der Waals surface area contributed by atoms with Crippen LogP contribution in [0.5, 0.6) is 0 Å². The van der Waals surface area contributed by atoms with E-state index < -0.39 is 0 Å². The molecule has 9 heteroatoms. The maximum atomic E-state index is 11.7. The summed E-state index contributed by atoms with van der Waals surface area (Å²) in [7, 11) is 0. The molecule has 0 spiro atoms. The summed E-state index contributed by atoms with van der Waals surface area (Å²) < 4.78 is 7.29. The van der Waals surface area contributed by atoms with E-state index in [0.717, 1.165) is 52.7 Å². The predicted octanol–water partition coefficient (Wildman–Crippen LogP) is 4.64. The maximum absolute atomic E-state index is 11.7. The molecule has 1 N–H and O–H groups in total. The Kier molecular flexibility index (Phi) is 6.41. The second kappa shape index (κ2) is 9.21. The Morgan fingerprint density at radius 1 is 1.16 bits per heavy atom. The Labute approximate surface area is 190 Å². The third-order valence-corrected chi connectivity index (χ3v) is 6.18. The van der Waals surface area contributed by atoms with E-state index in [0.29, 0.717) is 17.3 Å². The van der Waals surface area contributed by atoms with Gasteiger partial charge in [-0.15, -0.1) is 22.6 Å². The number of fused-ring (bicyclic) bond motifs is 2. The SMILES string of the molecule is CC(=O)c1ccc2nnc(Sc3ccc4ncc(NC5CCOCC5)cc4c3)n2c1.Cl. The van der Waals surface area contributed by atoms with Crippen molar-refractivity contribution in [1.29, 1.82) is 0 Å². The lowest BCUT2D eigenvalue weighted by Gasteiger charge is -2.24. The number of ketones is 1. The molecule has 1 aromatic carbocycles. The van der Waals surface area contributed by atoms with Gasteiger partial charge in [-0.2, -0.15) is 0 Å². The van der Waals surface area contributed by atoms with Gasteiger partial charge < -0.3 is 10.1 Å². The van der Waals surface area contributed by atoms with E-state index in [1.165, 1.54) is 11.8 Å². The van der Waals surface area contributed by atoms with Gasteiger partial charge in [-0.1, -0.05) is 0 Å². The number of benzene rings is 1. The highest BCUT2D eigenvalue weighted by Crippen LogP contribution is 2.30. The number of halogens is 1. The van der Waals surface area contributed by atoms with Gasteiger partial charge in [-0.3, -0.25) is 14.2 Å². The molecule has 3 aromatic heterocycles. The van der Waals surface area contributed by atoms with Crippen LogP contribution in [0.3, 0.4) is 0 Å². The quantitative estimate of drug-likeness (QED) is 0.439. The van der Waals surface area contributed by atoms with Crippen LogP contribution in [0.25, 0.3) is 16.6 Å². The van der Waals surface area contributed by atoms with Gasteiger partial charge in [-0.25, -0.2) is 0 Å². The van der Waals surface area contributed by atoms with Crippen molar-refractivity contribution in [3.8, 4) is 0 Å². The molecule has 5 rings (SSSR count). The van der Waals surface area contributed by atoms with Gasteiger partial charge in [0.05, 0.1) is 17.4 Å². The smallest absolute Gasteiger partial charge is 0.200 e. The summed E-state index contributed by atoms with van der Waals surface area (Å²) in [5.41, 5.74) is 3.32. The van der Waals surface area contributed by atoms with Crippen molar-refractivity contribution in [2.45, 2.75) is 35.9 Å². The molecular formula is C22H22ClN5O2S. The fraction of sp³-hybridized carbons (Fsp3) is 0.273. The summed E-state index contributed by atoms with van der Waals surface area (Å²) in [6.45, 7) is 3.16. The van der Waals surface area contributed by atoms with Crippen molar-refractivity contribution >= 4 is 52.2 Å². The zero-order valence-corrected chi connectivity index (χ0v) is 18.6. The summed E-state index contributed by atoms with van der Waals surface area (Å²) in [5.74, 6) is 0.0166. The number of rotatable bonds is 5. The van der Waals surface area contributed by atoms with E-state index in [1.807, 2.05) is 28.8 Å². The third-order valence-electron chi connectivity index (χ3n) is 5.23. The minimum Gasteiger partial charge on any atom is -0.381 e. The number of nitrogens with zero attached hydrogens (tertiary/aromatic N) is 4. The van der Waals surface area contributed by atoms with Crippen LogP contribution in [0.4, 0.5) is 5.69 Å². The second-order valence-corrected chi connectivity index (χ2v) is 8.44. The molecule has 160 valence electrons. The summed E-state index contributed by atoms with van der Waals surface area (Å²) in [5, 5.41) is 13.9. The largest absolute Gasteiger partial charge is 0.381 e. The van der Waals surface area contributed by atoms with E-state index in [2.05, 4.69) is 32.6 Å².